The average Bonchev–Trinajstić information content (AvgIpc) is 3.61. The second kappa shape index (κ2) is 9.64. The van der Waals surface area contributed by atoms with Crippen molar-refractivity contribution in [3.8, 4) is 5.75 Å². The van der Waals surface area contributed by atoms with Crippen LogP contribution in [-0.2, 0) is 16.0 Å². The predicted molar refractivity (Wildman–Crippen MR) is 137 cm³/mol. The topological polar surface area (TPSA) is 82.6 Å². The van der Waals surface area contributed by atoms with E-state index in [1.165, 1.54) is 17.4 Å². The highest BCUT2D eigenvalue weighted by Gasteiger charge is 2.43. The normalized spacial score (nSPS) is 16.1. The van der Waals surface area contributed by atoms with Crippen molar-refractivity contribution >= 4 is 40.0 Å². The van der Waals surface area contributed by atoms with Gasteiger partial charge in [-0.25, -0.2) is 0 Å². The number of carbonyl (C=O) groups excluding carboxylic acids is 2. The summed E-state index contributed by atoms with van der Waals surface area (Å²) < 4.78 is 5.36. The number of hydrogen-bond acceptors (Lipinski definition) is 5. The van der Waals surface area contributed by atoms with Crippen molar-refractivity contribution in [2.75, 3.05) is 13.7 Å². The molecule has 2 aromatic heterocycles. The molecule has 176 valence electrons. The Balaban J connectivity index is 1.43. The number of nitrogens with one attached hydrogen (secondary N) is 1. The van der Waals surface area contributed by atoms with E-state index in [4.69, 9.17) is 4.74 Å². The number of rotatable bonds is 8. The molecule has 0 unspecified atom stereocenters. The van der Waals surface area contributed by atoms with Gasteiger partial charge < -0.3 is 19.7 Å². The minimum atomic E-state index is -0.629. The van der Waals surface area contributed by atoms with Gasteiger partial charge in [0.2, 0.25) is 0 Å². The summed E-state index contributed by atoms with van der Waals surface area (Å²) in [6, 6.07) is 18.4. The van der Waals surface area contributed by atoms with Gasteiger partial charge in [0, 0.05) is 28.5 Å². The highest BCUT2D eigenvalue weighted by molar-refractivity contribution is 7.10. The van der Waals surface area contributed by atoms with E-state index in [-0.39, 0.29) is 11.4 Å². The fourth-order valence-corrected chi connectivity index (χ4v) is 5.28. The number of aliphatic hydroxyl groups is 1. The number of aromatic nitrogens is 1. The van der Waals surface area contributed by atoms with E-state index in [2.05, 4.69) is 4.98 Å². The van der Waals surface area contributed by atoms with E-state index in [0.717, 1.165) is 32.7 Å². The van der Waals surface area contributed by atoms with Gasteiger partial charge in [-0.3, -0.25) is 9.59 Å². The van der Waals surface area contributed by atoms with Crippen LogP contribution in [0.25, 0.3) is 17.0 Å². The fourth-order valence-electron chi connectivity index (χ4n) is 4.44. The van der Waals surface area contributed by atoms with Crippen LogP contribution < -0.4 is 4.74 Å². The zero-order valence-electron chi connectivity index (χ0n) is 19.1. The number of thiophene rings is 1. The van der Waals surface area contributed by atoms with E-state index in [1.807, 2.05) is 72.2 Å². The number of amides is 1. The lowest BCUT2D eigenvalue weighted by Crippen LogP contribution is -2.32. The lowest BCUT2D eigenvalue weighted by Gasteiger charge is -2.25. The number of allylic oxidation sites excluding steroid dienone is 1. The van der Waals surface area contributed by atoms with Crippen molar-refractivity contribution in [3.05, 3.63) is 106 Å². The Kier molecular flexibility index (Phi) is 6.25. The maximum Gasteiger partial charge on any atom is 0.290 e. The first kappa shape index (κ1) is 22.7. The molecule has 1 aliphatic rings. The van der Waals surface area contributed by atoms with Gasteiger partial charge in [0.15, 0.2) is 11.5 Å². The Labute approximate surface area is 206 Å². The van der Waals surface area contributed by atoms with Crippen LogP contribution in [0.4, 0.5) is 0 Å². The summed E-state index contributed by atoms with van der Waals surface area (Å²) in [4.78, 5) is 32.0. The number of nitrogens with zero attached hydrogens (tertiary/aromatic N) is 1. The number of aliphatic hydroxyl groups excluding tert-OH is 1. The molecule has 0 fully saturated rings. The molecule has 0 radical (unpaired) electrons. The molecule has 1 aliphatic heterocycles. The van der Waals surface area contributed by atoms with E-state index in [9.17, 15) is 14.7 Å². The molecule has 6 nitrogen and oxygen atoms in total. The van der Waals surface area contributed by atoms with Gasteiger partial charge in [-0.05, 0) is 53.3 Å². The highest BCUT2D eigenvalue weighted by Crippen LogP contribution is 2.40. The maximum atomic E-state index is 13.2. The molecular weight excluding hydrogens is 460 g/mol. The zero-order chi connectivity index (χ0) is 24.4. The average molecular weight is 485 g/mol. The Hall–Kier alpha value is -4.10. The summed E-state index contributed by atoms with van der Waals surface area (Å²) in [6.45, 7) is 0.342. The first-order valence-electron chi connectivity index (χ1n) is 11.3. The number of carbonyl (C=O) groups is 2. The molecule has 3 heterocycles. The van der Waals surface area contributed by atoms with Crippen LogP contribution in [0.5, 0.6) is 5.75 Å². The fraction of sp³-hybridized carbons (Fsp3) is 0.143. The smallest absolute Gasteiger partial charge is 0.290 e. The molecule has 35 heavy (non-hydrogen) atoms. The quantitative estimate of drug-likeness (QED) is 0.326. The summed E-state index contributed by atoms with van der Waals surface area (Å²) in [7, 11) is 1.63. The SMILES string of the molecule is COc1ccc2[nH]cc(CCN3C(=O)C(O)=C(C(=O)/C=C/c4ccccc4)[C@@H]3c3cccs3)c2c1. The Morgan fingerprint density at radius 3 is 2.74 bits per heavy atom. The van der Waals surface area contributed by atoms with Crippen molar-refractivity contribution in [2.45, 2.75) is 12.5 Å². The largest absolute Gasteiger partial charge is 0.503 e. The van der Waals surface area contributed by atoms with Crippen molar-refractivity contribution < 1.29 is 19.4 Å². The van der Waals surface area contributed by atoms with Crippen molar-refractivity contribution in [1.82, 2.24) is 9.88 Å². The van der Waals surface area contributed by atoms with Gasteiger partial charge in [0.05, 0.1) is 18.7 Å². The predicted octanol–water partition coefficient (Wildman–Crippen LogP) is 5.46. The van der Waals surface area contributed by atoms with Gasteiger partial charge in [-0.15, -0.1) is 11.3 Å². The molecule has 0 bridgehead atoms. The first-order valence-corrected chi connectivity index (χ1v) is 12.1. The third-order valence-electron chi connectivity index (χ3n) is 6.21. The minimum Gasteiger partial charge on any atom is -0.503 e. The standard InChI is InChI=1S/C28H24N2O4S/c1-34-20-10-11-22-21(16-20)19(17-29-22)13-14-30-26(24-8-5-15-35-24)25(27(32)28(30)33)23(31)12-9-18-6-3-2-4-7-18/h2-12,15-17,26,29,32H,13-14H2,1H3/b12-9+/t26-/m0/s1. The zero-order valence-corrected chi connectivity index (χ0v) is 19.9. The van der Waals surface area contributed by atoms with Crippen LogP contribution >= 0.6 is 11.3 Å². The number of fused-ring (bicyclic) bond motifs is 1. The number of aromatic amines is 1. The van der Waals surface area contributed by atoms with Crippen molar-refractivity contribution in [1.29, 1.82) is 0 Å². The molecule has 2 aromatic carbocycles. The molecule has 2 N–H and O–H groups in total. The molecule has 0 spiro atoms. The van der Waals surface area contributed by atoms with Gasteiger partial charge in [0.1, 0.15) is 5.75 Å². The molecule has 1 atom stereocenters. The lowest BCUT2D eigenvalue weighted by molar-refractivity contribution is -0.129. The Bertz CT molecular complexity index is 1430. The van der Waals surface area contributed by atoms with Crippen molar-refractivity contribution in [3.63, 3.8) is 0 Å². The summed E-state index contributed by atoms with van der Waals surface area (Å²) in [5.41, 5.74) is 2.99. The molecule has 4 aromatic rings. The molecular formula is C28H24N2O4S. The summed E-state index contributed by atoms with van der Waals surface area (Å²) in [6.07, 6.45) is 5.59. The monoisotopic (exact) mass is 484 g/mol. The van der Waals surface area contributed by atoms with E-state index >= 15 is 0 Å². The van der Waals surface area contributed by atoms with Crippen LogP contribution in [0.2, 0.25) is 0 Å². The number of benzene rings is 2. The van der Waals surface area contributed by atoms with Crippen LogP contribution in [-0.4, -0.2) is 40.3 Å². The van der Waals surface area contributed by atoms with Gasteiger partial charge in [-0.2, -0.15) is 0 Å². The number of hydrogen-bond donors (Lipinski definition) is 2. The van der Waals surface area contributed by atoms with E-state index in [1.54, 1.807) is 18.1 Å². The van der Waals surface area contributed by atoms with Gasteiger partial charge in [-0.1, -0.05) is 42.5 Å². The first-order chi connectivity index (χ1) is 17.1. The molecule has 0 saturated carbocycles. The third-order valence-corrected chi connectivity index (χ3v) is 7.13. The molecule has 1 amide bonds. The Morgan fingerprint density at radius 2 is 2.00 bits per heavy atom. The lowest BCUT2D eigenvalue weighted by atomic mass is 10.0. The summed E-state index contributed by atoms with van der Waals surface area (Å²) in [5, 5.41) is 13.7. The summed E-state index contributed by atoms with van der Waals surface area (Å²) >= 11 is 1.46. The second-order valence-corrected chi connectivity index (χ2v) is 9.24. The molecule has 0 aliphatic carbocycles. The van der Waals surface area contributed by atoms with E-state index in [0.29, 0.717) is 13.0 Å². The van der Waals surface area contributed by atoms with Crippen LogP contribution in [0.15, 0.2) is 89.6 Å². The number of ketones is 1. The number of methoxy groups -OCH3 is 1. The molecule has 7 heteroatoms. The highest BCUT2D eigenvalue weighted by atomic mass is 32.1. The van der Waals surface area contributed by atoms with E-state index < -0.39 is 17.7 Å². The molecule has 5 rings (SSSR count). The minimum absolute atomic E-state index is 0.116. The Morgan fingerprint density at radius 1 is 1.17 bits per heavy atom. The van der Waals surface area contributed by atoms with Gasteiger partial charge >= 0.3 is 0 Å². The van der Waals surface area contributed by atoms with Gasteiger partial charge in [0.25, 0.3) is 5.91 Å². The van der Waals surface area contributed by atoms with Crippen LogP contribution in [0.3, 0.4) is 0 Å². The molecule has 0 saturated heterocycles. The van der Waals surface area contributed by atoms with Crippen LogP contribution in [0.1, 0.15) is 22.0 Å². The second-order valence-electron chi connectivity index (χ2n) is 8.26. The number of ether oxygens (including phenoxy) is 1. The maximum absolute atomic E-state index is 13.2. The van der Waals surface area contributed by atoms with Crippen LogP contribution in [0, 0.1) is 0 Å². The van der Waals surface area contributed by atoms with Crippen molar-refractivity contribution in [2.24, 2.45) is 0 Å². The summed E-state index contributed by atoms with van der Waals surface area (Å²) in [5.74, 6) is -0.633. The third kappa shape index (κ3) is 4.38. The number of H-pyrrole nitrogens is 1.